The van der Waals surface area contributed by atoms with E-state index in [9.17, 15) is 39.5 Å². The number of carboxylic acid groups (broad SMARTS) is 3. The van der Waals surface area contributed by atoms with Crippen molar-refractivity contribution in [2.75, 3.05) is 32.7 Å². The lowest BCUT2D eigenvalue weighted by molar-refractivity contribution is -0.193. The fourth-order valence-electron chi connectivity index (χ4n) is 3.85. The van der Waals surface area contributed by atoms with Crippen molar-refractivity contribution in [3.8, 4) is 0 Å². The number of hydrogen-bond acceptors (Lipinski definition) is 6. The van der Waals surface area contributed by atoms with E-state index in [0.717, 1.165) is 24.3 Å². The first-order valence-electron chi connectivity index (χ1n) is 11.4. The molecule has 9 nitrogen and oxygen atoms in total. The Bertz CT molecular complexity index is 898. The second kappa shape index (κ2) is 14.5. The summed E-state index contributed by atoms with van der Waals surface area (Å²) in [6.07, 6.45) is -10.4. The summed E-state index contributed by atoms with van der Waals surface area (Å²) in [7, 11) is 0. The van der Waals surface area contributed by atoms with Gasteiger partial charge in [0.25, 0.3) is 0 Å². The van der Waals surface area contributed by atoms with Gasteiger partial charge in [-0.25, -0.2) is 14.4 Å². The average molecular weight is 599 g/mol. The van der Waals surface area contributed by atoms with Gasteiger partial charge in [0.2, 0.25) is 0 Å². The van der Waals surface area contributed by atoms with E-state index in [0.29, 0.717) is 0 Å². The Balaban J connectivity index is 0.000000319. The smallest absolute Gasteiger partial charge is 0.475 e. The zero-order chi connectivity index (χ0) is 30.9. The van der Waals surface area contributed by atoms with Gasteiger partial charge < -0.3 is 20.2 Å². The number of pyridine rings is 1. The van der Waals surface area contributed by atoms with E-state index < -0.39 is 36.4 Å². The van der Waals surface area contributed by atoms with E-state index in [2.05, 4.69) is 26.9 Å². The van der Waals surface area contributed by atoms with Crippen LogP contribution in [0.5, 0.6) is 0 Å². The first-order chi connectivity index (χ1) is 18.2. The maximum Gasteiger partial charge on any atom is 0.490 e. The van der Waals surface area contributed by atoms with Gasteiger partial charge in [0.05, 0.1) is 5.69 Å². The molecule has 3 aliphatic rings. The zero-order valence-corrected chi connectivity index (χ0v) is 20.5. The molecule has 4 rings (SSSR count). The molecule has 3 fully saturated rings. The molecular formula is C22H26F9N3O6. The first kappa shape index (κ1) is 34.9. The van der Waals surface area contributed by atoms with Crippen LogP contribution in [0.4, 0.5) is 39.5 Å². The van der Waals surface area contributed by atoms with Gasteiger partial charge in [0.1, 0.15) is 0 Å². The number of hydrogen-bond donors (Lipinski definition) is 3. The summed E-state index contributed by atoms with van der Waals surface area (Å²) in [6.45, 7) is 7.67. The van der Waals surface area contributed by atoms with Gasteiger partial charge in [-0.2, -0.15) is 39.5 Å². The molecule has 0 aromatic carbocycles. The highest BCUT2D eigenvalue weighted by Gasteiger charge is 2.41. The Hall–Kier alpha value is -3.15. The Morgan fingerprint density at radius 2 is 1.10 bits per heavy atom. The molecule has 2 atom stereocenters. The highest BCUT2D eigenvalue weighted by Crippen LogP contribution is 2.36. The number of halogens is 9. The number of aromatic nitrogens is 1. The number of carboxylic acids is 3. The van der Waals surface area contributed by atoms with Crippen LogP contribution in [-0.4, -0.2) is 99.3 Å². The average Bonchev–Trinajstić information content (AvgIpc) is 3.42. The van der Waals surface area contributed by atoms with Crippen molar-refractivity contribution in [1.82, 2.24) is 14.8 Å². The molecule has 228 valence electrons. The topological polar surface area (TPSA) is 131 Å². The minimum atomic E-state index is -5.08. The van der Waals surface area contributed by atoms with Crippen molar-refractivity contribution < 1.29 is 69.2 Å². The molecule has 1 aromatic rings. The predicted molar refractivity (Wildman–Crippen MR) is 117 cm³/mol. The molecule has 1 aromatic heterocycles. The number of rotatable bonds is 4. The van der Waals surface area contributed by atoms with Crippen molar-refractivity contribution in [2.24, 2.45) is 17.8 Å². The Morgan fingerprint density at radius 1 is 0.725 bits per heavy atom. The van der Waals surface area contributed by atoms with Crippen LogP contribution in [0.1, 0.15) is 18.5 Å². The monoisotopic (exact) mass is 599 g/mol. The number of aliphatic carboxylic acids is 3. The summed E-state index contributed by atoms with van der Waals surface area (Å²) in [5, 5.41) is 21.4. The van der Waals surface area contributed by atoms with Crippen molar-refractivity contribution in [3.05, 3.63) is 30.1 Å². The second-order valence-electron chi connectivity index (χ2n) is 9.11. The largest absolute Gasteiger partial charge is 0.490 e. The number of alkyl halides is 9. The molecule has 0 bridgehead atoms. The molecule has 2 unspecified atom stereocenters. The highest BCUT2D eigenvalue weighted by molar-refractivity contribution is 5.73. The standard InChI is InChI=1S/C16H23N3.3C2HF3O2/c1-2-6-17-16(3-1)12-19-10-14-8-18(7-13-4-5-13)9-15(14)11-19;3*3-2(4,5)1(6)7/h1-3,6,13-15H,4-5,7-12H2;3*(H,6,7). The van der Waals surface area contributed by atoms with Crippen LogP contribution in [0, 0.1) is 17.8 Å². The molecule has 18 heteroatoms. The van der Waals surface area contributed by atoms with E-state index in [1.165, 1.54) is 51.3 Å². The number of nitrogens with zero attached hydrogens (tertiary/aromatic N) is 3. The zero-order valence-electron chi connectivity index (χ0n) is 20.5. The summed E-state index contributed by atoms with van der Waals surface area (Å²) in [5.41, 5.74) is 1.22. The minimum absolute atomic E-state index is 0.919. The predicted octanol–water partition coefficient (Wildman–Crippen LogP) is 3.76. The number of likely N-dealkylation sites (tertiary alicyclic amines) is 2. The summed E-state index contributed by atoms with van der Waals surface area (Å²) in [5.74, 6) is -5.39. The molecule has 40 heavy (non-hydrogen) atoms. The molecular weight excluding hydrogens is 573 g/mol. The summed E-state index contributed by atoms with van der Waals surface area (Å²) in [6, 6.07) is 6.24. The van der Waals surface area contributed by atoms with Crippen LogP contribution in [0.2, 0.25) is 0 Å². The van der Waals surface area contributed by atoms with Gasteiger partial charge in [-0.1, -0.05) is 6.07 Å². The van der Waals surface area contributed by atoms with Crippen LogP contribution < -0.4 is 0 Å². The second-order valence-corrected chi connectivity index (χ2v) is 9.11. The van der Waals surface area contributed by atoms with Crippen molar-refractivity contribution >= 4 is 17.9 Å². The fourth-order valence-corrected chi connectivity index (χ4v) is 3.85. The molecule has 2 saturated heterocycles. The lowest BCUT2D eigenvalue weighted by Crippen LogP contribution is -2.30. The number of carbonyl (C=O) groups is 3. The van der Waals surface area contributed by atoms with Gasteiger partial charge in [-0.3, -0.25) is 9.88 Å². The normalized spacial score (nSPS) is 21.0. The molecule has 0 spiro atoms. The van der Waals surface area contributed by atoms with E-state index in [1.807, 2.05) is 12.3 Å². The molecule has 1 saturated carbocycles. The summed E-state index contributed by atoms with van der Waals surface area (Å²) >= 11 is 0. The van der Waals surface area contributed by atoms with Gasteiger partial charge in [-0.15, -0.1) is 0 Å². The van der Waals surface area contributed by atoms with Gasteiger partial charge >= 0.3 is 36.4 Å². The maximum atomic E-state index is 10.6. The van der Waals surface area contributed by atoms with Crippen molar-refractivity contribution in [1.29, 1.82) is 0 Å². The van der Waals surface area contributed by atoms with E-state index in [-0.39, 0.29) is 0 Å². The molecule has 0 radical (unpaired) electrons. The Kier molecular flexibility index (Phi) is 12.6. The Morgan fingerprint density at radius 3 is 1.40 bits per heavy atom. The fraction of sp³-hybridized carbons (Fsp3) is 0.636. The van der Waals surface area contributed by atoms with Gasteiger partial charge in [-0.05, 0) is 42.7 Å². The van der Waals surface area contributed by atoms with Crippen molar-refractivity contribution in [3.63, 3.8) is 0 Å². The third-order valence-electron chi connectivity index (χ3n) is 5.69. The first-order valence-corrected chi connectivity index (χ1v) is 11.4. The van der Waals surface area contributed by atoms with Crippen LogP contribution >= 0.6 is 0 Å². The Labute approximate surface area is 221 Å². The summed E-state index contributed by atoms with van der Waals surface area (Å²) in [4.78, 5) is 36.5. The molecule has 0 amide bonds. The van der Waals surface area contributed by atoms with E-state index >= 15 is 0 Å². The van der Waals surface area contributed by atoms with Crippen LogP contribution in [0.15, 0.2) is 24.4 Å². The lowest BCUT2D eigenvalue weighted by atomic mass is 10.0. The highest BCUT2D eigenvalue weighted by atomic mass is 19.4. The lowest BCUT2D eigenvalue weighted by Gasteiger charge is -2.20. The molecule has 3 heterocycles. The summed E-state index contributed by atoms with van der Waals surface area (Å²) < 4.78 is 95.2. The van der Waals surface area contributed by atoms with E-state index in [4.69, 9.17) is 29.7 Å². The third-order valence-corrected chi connectivity index (χ3v) is 5.69. The maximum absolute atomic E-state index is 10.6. The molecule has 2 aliphatic heterocycles. The van der Waals surface area contributed by atoms with Crippen LogP contribution in [-0.2, 0) is 20.9 Å². The van der Waals surface area contributed by atoms with Crippen molar-refractivity contribution in [2.45, 2.75) is 37.9 Å². The van der Waals surface area contributed by atoms with Gasteiger partial charge in [0, 0.05) is 45.5 Å². The molecule has 3 N–H and O–H groups in total. The quantitative estimate of drug-likeness (QED) is 0.443. The van der Waals surface area contributed by atoms with Crippen LogP contribution in [0.25, 0.3) is 0 Å². The van der Waals surface area contributed by atoms with Gasteiger partial charge in [0.15, 0.2) is 0 Å². The molecule has 1 aliphatic carbocycles. The third kappa shape index (κ3) is 13.8. The minimum Gasteiger partial charge on any atom is -0.475 e. The number of fused-ring (bicyclic) bond motifs is 1. The van der Waals surface area contributed by atoms with Crippen LogP contribution in [0.3, 0.4) is 0 Å². The SMILES string of the molecule is O=C(O)C(F)(F)F.O=C(O)C(F)(F)F.O=C(O)C(F)(F)F.c1ccc(CN2CC3CN(CC4CC4)CC3C2)nc1. The van der Waals surface area contributed by atoms with E-state index in [1.54, 1.807) is 0 Å².